The van der Waals surface area contributed by atoms with Crippen LogP contribution in [0.25, 0.3) is 0 Å². The van der Waals surface area contributed by atoms with Crippen molar-refractivity contribution in [2.75, 3.05) is 67.3 Å². The number of anilines is 4. The molecule has 1 fully saturated rings. The molecule has 3 rings (SSSR count). The maximum atomic E-state index is 13.1. The van der Waals surface area contributed by atoms with Gasteiger partial charge in [0.1, 0.15) is 17.8 Å². The van der Waals surface area contributed by atoms with Crippen molar-refractivity contribution < 1.29 is 9.13 Å². The molecule has 25 heavy (non-hydrogen) atoms. The van der Waals surface area contributed by atoms with Crippen molar-refractivity contribution in [1.29, 1.82) is 0 Å². The Morgan fingerprint density at radius 1 is 1.12 bits per heavy atom. The predicted molar refractivity (Wildman–Crippen MR) is 97.6 cm³/mol. The number of hydrogen-bond acceptors (Lipinski definition) is 7. The Labute approximate surface area is 146 Å². The Balaban J connectivity index is 1.64. The highest BCUT2D eigenvalue weighted by Crippen LogP contribution is 2.27. The van der Waals surface area contributed by atoms with Crippen LogP contribution in [-0.2, 0) is 4.74 Å². The largest absolute Gasteiger partial charge is 0.393 e. The first-order valence-electron chi connectivity index (χ1n) is 8.28. The van der Waals surface area contributed by atoms with Crippen LogP contribution in [0.3, 0.4) is 0 Å². The third-order valence-electron chi connectivity index (χ3n) is 4.23. The Morgan fingerprint density at radius 2 is 1.80 bits per heavy atom. The van der Waals surface area contributed by atoms with Crippen molar-refractivity contribution in [2.45, 2.75) is 0 Å². The lowest BCUT2D eigenvalue weighted by Crippen LogP contribution is -2.47. The summed E-state index contributed by atoms with van der Waals surface area (Å²) in [6.45, 7) is 4.43. The summed E-state index contributed by atoms with van der Waals surface area (Å²) in [4.78, 5) is 12.9. The molecule has 3 N–H and O–H groups in total. The molecule has 1 saturated heterocycles. The van der Waals surface area contributed by atoms with Crippen LogP contribution >= 0.6 is 0 Å². The number of aromatic nitrogens is 2. The maximum absolute atomic E-state index is 13.1. The first-order chi connectivity index (χ1) is 12.2. The van der Waals surface area contributed by atoms with E-state index in [2.05, 4.69) is 25.1 Å². The van der Waals surface area contributed by atoms with Gasteiger partial charge in [0.15, 0.2) is 11.6 Å². The van der Waals surface area contributed by atoms with E-state index in [-0.39, 0.29) is 5.82 Å². The van der Waals surface area contributed by atoms with Crippen LogP contribution in [0.5, 0.6) is 0 Å². The van der Waals surface area contributed by atoms with E-state index >= 15 is 0 Å². The molecule has 0 radical (unpaired) electrons. The summed E-state index contributed by atoms with van der Waals surface area (Å²) in [5, 5.41) is 3.16. The Bertz CT molecular complexity index is 688. The molecule has 2 heterocycles. The summed E-state index contributed by atoms with van der Waals surface area (Å²) in [6, 6.07) is 6.59. The summed E-state index contributed by atoms with van der Waals surface area (Å²) < 4.78 is 18.1. The van der Waals surface area contributed by atoms with Crippen LogP contribution in [0.15, 0.2) is 30.6 Å². The van der Waals surface area contributed by atoms with Gasteiger partial charge in [0.2, 0.25) is 0 Å². The second-order valence-corrected chi connectivity index (χ2v) is 5.83. The van der Waals surface area contributed by atoms with Crippen LogP contribution < -0.4 is 20.9 Å². The summed E-state index contributed by atoms with van der Waals surface area (Å²) in [6.07, 6.45) is 1.52. The fraction of sp³-hybridized carbons (Fsp3) is 0.412. The molecule has 1 aromatic heterocycles. The Morgan fingerprint density at radius 3 is 2.48 bits per heavy atom. The molecule has 8 heteroatoms. The molecule has 1 aromatic carbocycles. The molecule has 1 aliphatic rings. The number of ether oxygens (including phenoxy) is 1. The van der Waals surface area contributed by atoms with E-state index in [0.29, 0.717) is 24.7 Å². The minimum absolute atomic E-state index is 0.218. The number of hydrogen-bond donors (Lipinski definition) is 2. The molecule has 1 aliphatic heterocycles. The number of piperazine rings is 1. The number of halogens is 1. The van der Waals surface area contributed by atoms with Gasteiger partial charge >= 0.3 is 0 Å². The minimum Gasteiger partial charge on any atom is -0.393 e. The first-order valence-corrected chi connectivity index (χ1v) is 8.28. The van der Waals surface area contributed by atoms with Gasteiger partial charge in [0, 0.05) is 45.5 Å². The third-order valence-corrected chi connectivity index (χ3v) is 4.23. The Kier molecular flexibility index (Phi) is 5.49. The fourth-order valence-electron chi connectivity index (χ4n) is 2.88. The van der Waals surface area contributed by atoms with Crippen molar-refractivity contribution in [2.24, 2.45) is 0 Å². The number of rotatable bonds is 6. The van der Waals surface area contributed by atoms with E-state index in [0.717, 1.165) is 37.7 Å². The second kappa shape index (κ2) is 7.98. The lowest BCUT2D eigenvalue weighted by molar-refractivity contribution is 0.210. The van der Waals surface area contributed by atoms with E-state index in [1.165, 1.54) is 18.5 Å². The van der Waals surface area contributed by atoms with Crippen molar-refractivity contribution in [3.05, 3.63) is 36.4 Å². The van der Waals surface area contributed by atoms with Gasteiger partial charge in [-0.15, -0.1) is 0 Å². The summed E-state index contributed by atoms with van der Waals surface area (Å²) in [5.74, 6) is 1.15. The highest BCUT2D eigenvalue weighted by Gasteiger charge is 2.21. The molecule has 0 saturated carbocycles. The zero-order valence-corrected chi connectivity index (χ0v) is 14.3. The molecule has 2 aromatic rings. The number of methoxy groups -OCH3 is 1. The fourth-order valence-corrected chi connectivity index (χ4v) is 2.88. The average molecular weight is 346 g/mol. The number of nitrogens with two attached hydrogens (primary N) is 1. The number of nitrogens with one attached hydrogen (secondary N) is 1. The topological polar surface area (TPSA) is 79.5 Å². The van der Waals surface area contributed by atoms with E-state index in [4.69, 9.17) is 10.5 Å². The molecular formula is C17H23FN6O. The predicted octanol–water partition coefficient (Wildman–Crippen LogP) is 1.58. The van der Waals surface area contributed by atoms with Crippen LogP contribution in [-0.4, -0.2) is 56.4 Å². The lowest BCUT2D eigenvalue weighted by atomic mass is 10.2. The molecule has 0 aliphatic carbocycles. The molecule has 0 amide bonds. The first kappa shape index (κ1) is 17.2. The highest BCUT2D eigenvalue weighted by atomic mass is 19.1. The molecule has 134 valence electrons. The van der Waals surface area contributed by atoms with Gasteiger partial charge in [-0.1, -0.05) is 0 Å². The van der Waals surface area contributed by atoms with E-state index < -0.39 is 0 Å². The van der Waals surface area contributed by atoms with Crippen LogP contribution in [0.2, 0.25) is 0 Å². The lowest BCUT2D eigenvalue weighted by Gasteiger charge is -2.37. The number of nitrogen functional groups attached to an aromatic ring is 1. The number of nitrogens with zero attached hydrogens (tertiary/aromatic N) is 4. The monoisotopic (exact) mass is 346 g/mol. The summed E-state index contributed by atoms with van der Waals surface area (Å²) in [5.41, 5.74) is 7.81. The normalized spacial score (nSPS) is 14.6. The van der Waals surface area contributed by atoms with Crippen LogP contribution in [0.1, 0.15) is 0 Å². The van der Waals surface area contributed by atoms with Crippen molar-refractivity contribution in [3.8, 4) is 0 Å². The van der Waals surface area contributed by atoms with Gasteiger partial charge in [-0.05, 0) is 24.3 Å². The Hall–Kier alpha value is -2.61. The smallest absolute Gasteiger partial charge is 0.157 e. The molecule has 0 unspecified atom stereocenters. The van der Waals surface area contributed by atoms with Crippen molar-refractivity contribution in [3.63, 3.8) is 0 Å². The average Bonchev–Trinajstić information content (AvgIpc) is 2.64. The van der Waals surface area contributed by atoms with Gasteiger partial charge < -0.3 is 25.6 Å². The summed E-state index contributed by atoms with van der Waals surface area (Å²) >= 11 is 0. The summed E-state index contributed by atoms with van der Waals surface area (Å²) in [7, 11) is 1.65. The van der Waals surface area contributed by atoms with Gasteiger partial charge in [0.25, 0.3) is 0 Å². The van der Waals surface area contributed by atoms with Crippen LogP contribution in [0, 0.1) is 5.82 Å². The van der Waals surface area contributed by atoms with Gasteiger partial charge in [-0.25, -0.2) is 14.4 Å². The molecule has 0 spiro atoms. The zero-order valence-electron chi connectivity index (χ0n) is 14.3. The quantitative estimate of drug-likeness (QED) is 0.769. The molecule has 0 bridgehead atoms. The highest BCUT2D eigenvalue weighted by molar-refractivity contribution is 5.75. The van der Waals surface area contributed by atoms with Gasteiger partial charge in [-0.2, -0.15) is 0 Å². The van der Waals surface area contributed by atoms with E-state index in [1.807, 2.05) is 12.1 Å². The van der Waals surface area contributed by atoms with Gasteiger partial charge in [-0.3, -0.25) is 0 Å². The molecule has 0 atom stereocenters. The van der Waals surface area contributed by atoms with Crippen molar-refractivity contribution >= 4 is 23.0 Å². The van der Waals surface area contributed by atoms with Gasteiger partial charge in [0.05, 0.1) is 6.61 Å². The molecule has 7 nitrogen and oxygen atoms in total. The zero-order chi connectivity index (χ0) is 17.6. The maximum Gasteiger partial charge on any atom is 0.157 e. The number of benzene rings is 1. The second-order valence-electron chi connectivity index (χ2n) is 5.83. The van der Waals surface area contributed by atoms with E-state index in [9.17, 15) is 4.39 Å². The van der Waals surface area contributed by atoms with Crippen LogP contribution in [0.4, 0.5) is 27.4 Å². The third kappa shape index (κ3) is 4.08. The SMILES string of the molecule is COCCNc1ncnc(N2CCN(c3ccc(F)cc3)CC2)c1N. The standard InChI is InChI=1S/C17H23FN6O/c1-25-11-6-20-16-15(19)17(22-12-21-16)24-9-7-23(8-10-24)14-4-2-13(18)3-5-14/h2-5,12H,6-11,19H2,1H3,(H,20,21,22). The minimum atomic E-state index is -0.218. The molecular weight excluding hydrogens is 323 g/mol. The van der Waals surface area contributed by atoms with E-state index in [1.54, 1.807) is 7.11 Å². The van der Waals surface area contributed by atoms with Crippen molar-refractivity contribution in [1.82, 2.24) is 9.97 Å².